The smallest absolute Gasteiger partial charge is 0.486 e. The fourth-order valence-electron chi connectivity index (χ4n) is 4.16. The zero-order valence-electron chi connectivity index (χ0n) is 26.7. The standard InChI is InChI=1S/C33H39F3N2O7/c1-9-22(14-15-38(29(39)43-31(3,4)5)45-30(40)44-32(6,7)8)26-16-21(2)17-27(42-19-25-18-41-20-37-25)28(26)23-10-12-24(13-11-23)33(34,35)36/h10-14,16-18,20H,9,15,19H2,1-8H3. The molecule has 244 valence electrons. The van der Waals surface area contributed by atoms with E-state index >= 15 is 0 Å². The molecule has 1 heterocycles. The molecule has 0 fully saturated rings. The minimum Gasteiger partial charge on any atom is -0.486 e. The van der Waals surface area contributed by atoms with E-state index in [0.29, 0.717) is 40.1 Å². The third kappa shape index (κ3) is 10.6. The predicted octanol–water partition coefficient (Wildman–Crippen LogP) is 9.15. The first-order chi connectivity index (χ1) is 20.9. The third-order valence-electron chi connectivity index (χ3n) is 6.01. The van der Waals surface area contributed by atoms with Gasteiger partial charge in [0.2, 0.25) is 0 Å². The monoisotopic (exact) mass is 632 g/mol. The summed E-state index contributed by atoms with van der Waals surface area (Å²) in [5.41, 5.74) is 1.13. The summed E-state index contributed by atoms with van der Waals surface area (Å²) in [6, 6.07) is 8.43. The maximum absolute atomic E-state index is 13.4. The van der Waals surface area contributed by atoms with Crippen LogP contribution < -0.4 is 4.74 Å². The molecule has 1 aromatic heterocycles. The van der Waals surface area contributed by atoms with Crippen LogP contribution in [0.3, 0.4) is 0 Å². The number of alkyl halides is 3. The minimum atomic E-state index is -4.51. The molecule has 0 unspecified atom stereocenters. The van der Waals surface area contributed by atoms with Gasteiger partial charge in [0, 0.05) is 5.56 Å². The Hall–Kier alpha value is -4.48. The van der Waals surface area contributed by atoms with Gasteiger partial charge in [0.15, 0.2) is 6.39 Å². The number of carbonyl (C=O) groups excluding carboxylic acids is 2. The summed E-state index contributed by atoms with van der Waals surface area (Å²) in [7, 11) is 0. The van der Waals surface area contributed by atoms with Crippen LogP contribution in [0.4, 0.5) is 22.8 Å². The van der Waals surface area contributed by atoms with Crippen LogP contribution in [-0.2, 0) is 27.1 Å². The third-order valence-corrected chi connectivity index (χ3v) is 6.01. The number of nitrogens with zero attached hydrogens (tertiary/aromatic N) is 2. The Morgan fingerprint density at radius 1 is 0.978 bits per heavy atom. The minimum absolute atomic E-state index is 0.0500. The Bertz CT molecular complexity index is 1480. The van der Waals surface area contributed by atoms with Crippen molar-refractivity contribution >= 4 is 17.8 Å². The van der Waals surface area contributed by atoms with Crippen molar-refractivity contribution in [1.82, 2.24) is 10.0 Å². The summed E-state index contributed by atoms with van der Waals surface area (Å²) in [6.07, 6.45) is -1.69. The number of halogens is 3. The molecule has 0 bridgehead atoms. The molecule has 0 aliphatic heterocycles. The molecule has 0 N–H and O–H groups in total. The van der Waals surface area contributed by atoms with E-state index in [-0.39, 0.29) is 13.2 Å². The van der Waals surface area contributed by atoms with Gasteiger partial charge in [-0.05, 0) is 95.3 Å². The molecule has 0 spiro atoms. The number of benzene rings is 2. The molecule has 1 amide bonds. The second-order valence-corrected chi connectivity index (χ2v) is 12.2. The van der Waals surface area contributed by atoms with E-state index in [1.165, 1.54) is 24.8 Å². The Balaban J connectivity index is 2.09. The summed E-state index contributed by atoms with van der Waals surface area (Å²) in [5, 5.41) is 0.755. The second kappa shape index (κ2) is 14.1. The van der Waals surface area contributed by atoms with Crippen LogP contribution in [-0.4, -0.2) is 40.0 Å². The summed E-state index contributed by atoms with van der Waals surface area (Å²) in [5.74, 6) is 0.404. The topological polar surface area (TPSA) is 100 Å². The molecule has 0 aliphatic rings. The number of amides is 1. The molecule has 2 aromatic carbocycles. The maximum atomic E-state index is 13.4. The number of hydroxylamine groups is 2. The summed E-state index contributed by atoms with van der Waals surface area (Å²) < 4.78 is 62.0. The van der Waals surface area contributed by atoms with Crippen LogP contribution >= 0.6 is 0 Å². The fraction of sp³-hybridized carbons (Fsp3) is 0.424. The molecule has 0 saturated heterocycles. The summed E-state index contributed by atoms with van der Waals surface area (Å²) >= 11 is 0. The van der Waals surface area contributed by atoms with Crippen LogP contribution in [0.5, 0.6) is 5.75 Å². The zero-order chi connectivity index (χ0) is 33.6. The first kappa shape index (κ1) is 35.0. The van der Waals surface area contributed by atoms with Crippen molar-refractivity contribution in [3.8, 4) is 16.9 Å². The molecule has 9 nitrogen and oxygen atoms in total. The van der Waals surface area contributed by atoms with E-state index in [9.17, 15) is 22.8 Å². The zero-order valence-corrected chi connectivity index (χ0v) is 26.7. The quantitative estimate of drug-likeness (QED) is 0.179. The number of hydrogen-bond acceptors (Lipinski definition) is 8. The number of allylic oxidation sites excluding steroid dienone is 1. The molecule has 0 radical (unpaired) electrons. The number of aryl methyl sites for hydroxylation is 1. The highest BCUT2D eigenvalue weighted by Crippen LogP contribution is 2.41. The first-order valence-corrected chi connectivity index (χ1v) is 14.3. The highest BCUT2D eigenvalue weighted by atomic mass is 19.4. The molecule has 12 heteroatoms. The normalized spacial score (nSPS) is 12.5. The number of carbonyl (C=O) groups is 2. The number of ether oxygens (including phenoxy) is 3. The van der Waals surface area contributed by atoms with Crippen LogP contribution in [0.25, 0.3) is 16.7 Å². The summed E-state index contributed by atoms with van der Waals surface area (Å²) in [6.45, 7) is 13.6. The van der Waals surface area contributed by atoms with E-state index in [2.05, 4.69) is 4.98 Å². The van der Waals surface area contributed by atoms with Gasteiger partial charge in [-0.3, -0.25) is 4.84 Å². The molecule has 3 rings (SSSR count). The SMILES string of the molecule is CCC(=CCN(OC(=O)OC(C)(C)C)C(=O)OC(C)(C)C)c1cc(C)cc(OCc2cocn2)c1-c1ccc(C(F)(F)F)cc1. The molecule has 0 aliphatic carbocycles. The van der Waals surface area contributed by atoms with Crippen molar-refractivity contribution in [3.63, 3.8) is 0 Å². The fourth-order valence-corrected chi connectivity index (χ4v) is 4.16. The lowest BCUT2D eigenvalue weighted by atomic mass is 9.90. The molecular formula is C33H39F3N2O7. The van der Waals surface area contributed by atoms with E-state index in [1.807, 2.05) is 19.9 Å². The molecule has 3 aromatic rings. The van der Waals surface area contributed by atoms with Gasteiger partial charge in [-0.15, -0.1) is 5.06 Å². The Morgan fingerprint density at radius 3 is 2.16 bits per heavy atom. The maximum Gasteiger partial charge on any atom is 0.534 e. The lowest BCUT2D eigenvalue weighted by Gasteiger charge is -2.27. The van der Waals surface area contributed by atoms with Crippen LogP contribution in [0.2, 0.25) is 0 Å². The Labute approximate surface area is 260 Å². The van der Waals surface area contributed by atoms with Crippen molar-refractivity contribution in [1.29, 1.82) is 0 Å². The van der Waals surface area contributed by atoms with Crippen molar-refractivity contribution in [2.45, 2.75) is 85.8 Å². The second-order valence-electron chi connectivity index (χ2n) is 12.2. The highest BCUT2D eigenvalue weighted by molar-refractivity contribution is 5.86. The van der Waals surface area contributed by atoms with Gasteiger partial charge in [-0.25, -0.2) is 14.6 Å². The first-order valence-electron chi connectivity index (χ1n) is 14.3. The van der Waals surface area contributed by atoms with Gasteiger partial charge < -0.3 is 18.6 Å². The molecule has 0 saturated carbocycles. The summed E-state index contributed by atoms with van der Waals surface area (Å²) in [4.78, 5) is 34.9. The Morgan fingerprint density at radius 2 is 1.62 bits per heavy atom. The van der Waals surface area contributed by atoms with Crippen LogP contribution in [0.1, 0.15) is 77.3 Å². The lowest BCUT2D eigenvalue weighted by molar-refractivity contribution is -0.137. The van der Waals surface area contributed by atoms with Gasteiger partial charge in [0.05, 0.1) is 12.1 Å². The van der Waals surface area contributed by atoms with Crippen LogP contribution in [0.15, 0.2) is 59.5 Å². The average molecular weight is 633 g/mol. The number of hydrogen-bond donors (Lipinski definition) is 0. The van der Waals surface area contributed by atoms with E-state index in [1.54, 1.807) is 53.7 Å². The van der Waals surface area contributed by atoms with Gasteiger partial charge in [-0.1, -0.05) is 31.2 Å². The number of oxazole rings is 1. The van der Waals surface area contributed by atoms with Gasteiger partial charge in [-0.2, -0.15) is 13.2 Å². The van der Waals surface area contributed by atoms with E-state index in [4.69, 9.17) is 23.5 Å². The van der Waals surface area contributed by atoms with Crippen molar-refractivity contribution < 1.29 is 46.2 Å². The molecule has 45 heavy (non-hydrogen) atoms. The lowest BCUT2D eigenvalue weighted by Crippen LogP contribution is -2.40. The van der Waals surface area contributed by atoms with Crippen LogP contribution in [0, 0.1) is 6.92 Å². The highest BCUT2D eigenvalue weighted by Gasteiger charge is 2.31. The van der Waals surface area contributed by atoms with Gasteiger partial charge in [0.25, 0.3) is 0 Å². The van der Waals surface area contributed by atoms with Gasteiger partial charge in [0.1, 0.15) is 35.5 Å². The molecular weight excluding hydrogens is 593 g/mol. The van der Waals surface area contributed by atoms with Gasteiger partial charge >= 0.3 is 18.4 Å². The van der Waals surface area contributed by atoms with Crippen molar-refractivity contribution in [2.75, 3.05) is 6.54 Å². The van der Waals surface area contributed by atoms with Crippen molar-refractivity contribution in [3.05, 3.63) is 77.5 Å². The Kier molecular flexibility index (Phi) is 11.0. The van der Waals surface area contributed by atoms with E-state index in [0.717, 1.165) is 22.8 Å². The number of aromatic nitrogens is 1. The average Bonchev–Trinajstić information content (AvgIpc) is 3.43. The molecule has 0 atom stereocenters. The predicted molar refractivity (Wildman–Crippen MR) is 161 cm³/mol. The van der Waals surface area contributed by atoms with E-state index < -0.39 is 35.2 Å². The largest absolute Gasteiger partial charge is 0.534 e. The van der Waals surface area contributed by atoms with Crippen molar-refractivity contribution in [2.24, 2.45) is 0 Å². The number of rotatable bonds is 8.